The first kappa shape index (κ1) is 13.0. The number of aliphatic hydroxyl groups excluding tert-OH is 1. The van der Waals surface area contributed by atoms with Gasteiger partial charge < -0.3 is 20.5 Å². The van der Waals surface area contributed by atoms with E-state index in [1.54, 1.807) is 7.11 Å². The standard InChI is InChI=1S/C14H22N2O2/c1-10(17)9-11-5-4-8-16(11)12-6-3-7-13(18-2)14(12)15/h3,6-7,10-11,17H,4-5,8-9,15H2,1-2H3. The number of aliphatic hydroxyl groups is 1. The third-order valence-corrected chi connectivity index (χ3v) is 3.56. The van der Waals surface area contributed by atoms with Crippen molar-refractivity contribution in [1.82, 2.24) is 0 Å². The molecule has 2 atom stereocenters. The van der Waals surface area contributed by atoms with Crippen LogP contribution in [0, 0.1) is 0 Å². The van der Waals surface area contributed by atoms with Gasteiger partial charge in [0.15, 0.2) is 0 Å². The zero-order valence-electron chi connectivity index (χ0n) is 11.1. The first-order valence-corrected chi connectivity index (χ1v) is 6.50. The molecule has 100 valence electrons. The van der Waals surface area contributed by atoms with Crippen molar-refractivity contribution in [2.45, 2.75) is 38.3 Å². The summed E-state index contributed by atoms with van der Waals surface area (Å²) in [5, 5.41) is 9.56. The normalized spacial score (nSPS) is 21.1. The van der Waals surface area contributed by atoms with Gasteiger partial charge in [0, 0.05) is 12.6 Å². The molecule has 2 rings (SSSR count). The highest BCUT2D eigenvalue weighted by atomic mass is 16.5. The van der Waals surface area contributed by atoms with E-state index < -0.39 is 0 Å². The molecule has 1 aromatic rings. The SMILES string of the molecule is COc1cccc(N2CCCC2CC(C)O)c1N. The summed E-state index contributed by atoms with van der Waals surface area (Å²) in [6.07, 6.45) is 2.77. The van der Waals surface area contributed by atoms with Crippen molar-refractivity contribution in [2.75, 3.05) is 24.3 Å². The van der Waals surface area contributed by atoms with Crippen molar-refractivity contribution in [3.8, 4) is 5.75 Å². The van der Waals surface area contributed by atoms with Gasteiger partial charge in [-0.15, -0.1) is 0 Å². The van der Waals surface area contributed by atoms with E-state index in [4.69, 9.17) is 10.5 Å². The molecular weight excluding hydrogens is 228 g/mol. The van der Waals surface area contributed by atoms with Gasteiger partial charge in [-0.25, -0.2) is 0 Å². The van der Waals surface area contributed by atoms with E-state index in [2.05, 4.69) is 4.90 Å². The minimum absolute atomic E-state index is 0.276. The number of anilines is 2. The zero-order valence-corrected chi connectivity index (χ0v) is 11.1. The molecule has 0 saturated carbocycles. The topological polar surface area (TPSA) is 58.7 Å². The lowest BCUT2D eigenvalue weighted by Gasteiger charge is -2.29. The fraction of sp³-hybridized carbons (Fsp3) is 0.571. The number of para-hydroxylation sites is 1. The molecule has 1 heterocycles. The van der Waals surface area contributed by atoms with E-state index in [0.29, 0.717) is 11.7 Å². The second-order valence-electron chi connectivity index (χ2n) is 4.97. The van der Waals surface area contributed by atoms with Crippen LogP contribution in [0.25, 0.3) is 0 Å². The Morgan fingerprint density at radius 3 is 3.00 bits per heavy atom. The molecule has 4 nitrogen and oxygen atoms in total. The molecule has 1 fully saturated rings. The van der Waals surface area contributed by atoms with Crippen molar-refractivity contribution >= 4 is 11.4 Å². The number of benzene rings is 1. The number of hydrogen-bond donors (Lipinski definition) is 2. The van der Waals surface area contributed by atoms with Crippen molar-refractivity contribution in [2.24, 2.45) is 0 Å². The molecule has 1 aliphatic rings. The number of hydrogen-bond acceptors (Lipinski definition) is 4. The highest BCUT2D eigenvalue weighted by Gasteiger charge is 2.27. The summed E-state index contributed by atoms with van der Waals surface area (Å²) >= 11 is 0. The van der Waals surface area contributed by atoms with Gasteiger partial charge in [-0.1, -0.05) is 6.07 Å². The Morgan fingerprint density at radius 2 is 2.33 bits per heavy atom. The third kappa shape index (κ3) is 2.53. The predicted molar refractivity (Wildman–Crippen MR) is 74.1 cm³/mol. The van der Waals surface area contributed by atoms with Gasteiger partial charge >= 0.3 is 0 Å². The van der Waals surface area contributed by atoms with Crippen LogP contribution in [0.3, 0.4) is 0 Å². The van der Waals surface area contributed by atoms with Crippen molar-refractivity contribution in [1.29, 1.82) is 0 Å². The van der Waals surface area contributed by atoms with E-state index in [-0.39, 0.29) is 6.10 Å². The van der Waals surface area contributed by atoms with Gasteiger partial charge in [0.2, 0.25) is 0 Å². The lowest BCUT2D eigenvalue weighted by atomic mass is 10.1. The van der Waals surface area contributed by atoms with Crippen LogP contribution in [0.15, 0.2) is 18.2 Å². The Balaban J connectivity index is 2.24. The van der Waals surface area contributed by atoms with Crippen LogP contribution in [0.4, 0.5) is 11.4 Å². The van der Waals surface area contributed by atoms with Gasteiger partial charge in [-0.3, -0.25) is 0 Å². The van der Waals surface area contributed by atoms with Crippen LogP contribution in [0.2, 0.25) is 0 Å². The Morgan fingerprint density at radius 1 is 1.56 bits per heavy atom. The second kappa shape index (κ2) is 5.48. The van der Waals surface area contributed by atoms with Crippen LogP contribution in [-0.2, 0) is 0 Å². The lowest BCUT2D eigenvalue weighted by molar-refractivity contribution is 0.175. The summed E-state index contributed by atoms with van der Waals surface area (Å²) in [6, 6.07) is 6.23. The molecule has 18 heavy (non-hydrogen) atoms. The van der Waals surface area contributed by atoms with Crippen LogP contribution < -0.4 is 15.4 Å². The average molecular weight is 250 g/mol. The molecular formula is C14H22N2O2. The van der Waals surface area contributed by atoms with Gasteiger partial charge in [-0.05, 0) is 38.3 Å². The largest absolute Gasteiger partial charge is 0.495 e. The molecule has 1 aromatic carbocycles. The Hall–Kier alpha value is -1.42. The number of ether oxygens (including phenoxy) is 1. The minimum Gasteiger partial charge on any atom is -0.495 e. The predicted octanol–water partition coefficient (Wildman–Crippen LogP) is 2.02. The molecule has 0 aliphatic carbocycles. The zero-order chi connectivity index (χ0) is 13.1. The number of rotatable bonds is 4. The summed E-state index contributed by atoms with van der Waals surface area (Å²) in [7, 11) is 1.63. The van der Waals surface area contributed by atoms with Gasteiger partial charge in [0.05, 0.1) is 24.6 Å². The monoisotopic (exact) mass is 250 g/mol. The fourth-order valence-electron chi connectivity index (χ4n) is 2.75. The maximum absolute atomic E-state index is 9.56. The summed E-state index contributed by atoms with van der Waals surface area (Å²) in [4.78, 5) is 2.30. The maximum Gasteiger partial charge on any atom is 0.143 e. The second-order valence-corrected chi connectivity index (χ2v) is 4.97. The van der Waals surface area contributed by atoms with E-state index >= 15 is 0 Å². The van der Waals surface area contributed by atoms with Gasteiger partial charge in [0.25, 0.3) is 0 Å². The molecule has 3 N–H and O–H groups in total. The maximum atomic E-state index is 9.56. The summed E-state index contributed by atoms with van der Waals surface area (Å²) in [5.74, 6) is 0.718. The Labute approximate surface area is 108 Å². The van der Waals surface area contributed by atoms with E-state index in [1.807, 2.05) is 25.1 Å². The molecule has 1 aliphatic heterocycles. The molecule has 0 aromatic heterocycles. The molecule has 2 unspecified atom stereocenters. The number of nitrogens with zero attached hydrogens (tertiary/aromatic N) is 1. The number of methoxy groups -OCH3 is 1. The van der Waals surface area contributed by atoms with Crippen LogP contribution in [0.1, 0.15) is 26.2 Å². The molecule has 0 amide bonds. The molecule has 0 radical (unpaired) electrons. The van der Waals surface area contributed by atoms with Crippen LogP contribution in [-0.4, -0.2) is 30.9 Å². The summed E-state index contributed by atoms with van der Waals surface area (Å²) < 4.78 is 5.26. The smallest absolute Gasteiger partial charge is 0.143 e. The van der Waals surface area contributed by atoms with Crippen molar-refractivity contribution < 1.29 is 9.84 Å². The summed E-state index contributed by atoms with van der Waals surface area (Å²) in [5.41, 5.74) is 7.86. The van der Waals surface area contributed by atoms with E-state index in [1.165, 1.54) is 0 Å². The average Bonchev–Trinajstić information content (AvgIpc) is 2.76. The third-order valence-electron chi connectivity index (χ3n) is 3.56. The lowest BCUT2D eigenvalue weighted by Crippen LogP contribution is -2.32. The van der Waals surface area contributed by atoms with Gasteiger partial charge in [0.1, 0.15) is 5.75 Å². The van der Waals surface area contributed by atoms with Crippen molar-refractivity contribution in [3.05, 3.63) is 18.2 Å². The molecule has 0 spiro atoms. The quantitative estimate of drug-likeness (QED) is 0.803. The van der Waals surface area contributed by atoms with Crippen LogP contribution in [0.5, 0.6) is 5.75 Å². The molecule has 1 saturated heterocycles. The number of nitrogen functional groups attached to an aromatic ring is 1. The Bertz CT molecular complexity index is 407. The van der Waals surface area contributed by atoms with Crippen LogP contribution >= 0.6 is 0 Å². The van der Waals surface area contributed by atoms with Gasteiger partial charge in [-0.2, -0.15) is 0 Å². The minimum atomic E-state index is -0.276. The number of nitrogens with two attached hydrogens (primary N) is 1. The van der Waals surface area contributed by atoms with E-state index in [0.717, 1.165) is 37.2 Å². The highest BCUT2D eigenvalue weighted by Crippen LogP contribution is 2.36. The van der Waals surface area contributed by atoms with E-state index in [9.17, 15) is 5.11 Å². The fourth-order valence-corrected chi connectivity index (χ4v) is 2.75. The molecule has 4 heteroatoms. The summed E-state index contributed by atoms with van der Waals surface area (Å²) in [6.45, 7) is 2.83. The highest BCUT2D eigenvalue weighted by molar-refractivity contribution is 5.74. The first-order valence-electron chi connectivity index (χ1n) is 6.50. The van der Waals surface area contributed by atoms with Crippen molar-refractivity contribution in [3.63, 3.8) is 0 Å². The first-order chi connectivity index (χ1) is 8.63. The Kier molecular flexibility index (Phi) is 3.97. The molecule has 0 bridgehead atoms.